The topological polar surface area (TPSA) is 21.3 Å². The molecule has 0 radical (unpaired) electrons. The van der Waals surface area contributed by atoms with Gasteiger partial charge in [0.1, 0.15) is 5.75 Å². The zero-order chi connectivity index (χ0) is 11.4. The molecule has 1 fully saturated rings. The van der Waals surface area contributed by atoms with E-state index in [0.717, 1.165) is 18.7 Å². The summed E-state index contributed by atoms with van der Waals surface area (Å²) in [6.45, 7) is 3.37. The largest absolute Gasteiger partial charge is 0.496 e. The Labute approximate surface area is 98.0 Å². The van der Waals surface area contributed by atoms with Gasteiger partial charge in [-0.25, -0.2) is 0 Å². The van der Waals surface area contributed by atoms with Crippen molar-refractivity contribution >= 4 is 0 Å². The fourth-order valence-corrected chi connectivity index (χ4v) is 2.73. The van der Waals surface area contributed by atoms with Crippen LogP contribution in [0.1, 0.15) is 38.2 Å². The highest BCUT2D eigenvalue weighted by Gasteiger charge is 2.33. The van der Waals surface area contributed by atoms with Crippen LogP contribution in [0.4, 0.5) is 0 Å². The standard InChI is InChI=1S/C14H21NO/c1-3-14(10-6-7-11-15-14)12-8-4-5-9-13(12)16-2/h4-5,8-9,15H,3,6-7,10-11H2,1-2H3. The van der Waals surface area contributed by atoms with Crippen molar-refractivity contribution in [3.05, 3.63) is 29.8 Å². The van der Waals surface area contributed by atoms with Gasteiger partial charge in [-0.1, -0.05) is 31.5 Å². The van der Waals surface area contributed by atoms with Crippen molar-refractivity contribution in [2.45, 2.75) is 38.1 Å². The lowest BCUT2D eigenvalue weighted by Crippen LogP contribution is -2.45. The van der Waals surface area contributed by atoms with E-state index in [4.69, 9.17) is 4.74 Å². The van der Waals surface area contributed by atoms with E-state index in [-0.39, 0.29) is 5.54 Å². The molecule has 2 rings (SSSR count). The minimum Gasteiger partial charge on any atom is -0.496 e. The smallest absolute Gasteiger partial charge is 0.123 e. The van der Waals surface area contributed by atoms with Crippen LogP contribution in [0, 0.1) is 0 Å². The summed E-state index contributed by atoms with van der Waals surface area (Å²) in [7, 11) is 1.75. The van der Waals surface area contributed by atoms with Crippen LogP contribution in [-0.2, 0) is 5.54 Å². The number of methoxy groups -OCH3 is 1. The maximum Gasteiger partial charge on any atom is 0.123 e. The summed E-state index contributed by atoms with van der Waals surface area (Å²) in [6, 6.07) is 8.39. The lowest BCUT2D eigenvalue weighted by molar-refractivity contribution is 0.240. The summed E-state index contributed by atoms with van der Waals surface area (Å²) in [5.41, 5.74) is 1.45. The number of rotatable bonds is 3. The first kappa shape index (κ1) is 11.5. The van der Waals surface area contributed by atoms with Crippen LogP contribution >= 0.6 is 0 Å². The zero-order valence-electron chi connectivity index (χ0n) is 10.3. The lowest BCUT2D eigenvalue weighted by atomic mass is 9.80. The molecule has 1 heterocycles. The third-order valence-corrected chi connectivity index (χ3v) is 3.72. The minimum absolute atomic E-state index is 0.130. The van der Waals surface area contributed by atoms with Crippen molar-refractivity contribution in [2.24, 2.45) is 0 Å². The van der Waals surface area contributed by atoms with Gasteiger partial charge in [-0.2, -0.15) is 0 Å². The molecule has 1 aromatic carbocycles. The first-order chi connectivity index (χ1) is 7.82. The molecule has 1 N–H and O–H groups in total. The van der Waals surface area contributed by atoms with Crippen LogP contribution in [0.2, 0.25) is 0 Å². The van der Waals surface area contributed by atoms with Crippen molar-refractivity contribution < 1.29 is 4.74 Å². The summed E-state index contributed by atoms with van der Waals surface area (Å²) in [5.74, 6) is 1.01. The summed E-state index contributed by atoms with van der Waals surface area (Å²) >= 11 is 0. The Morgan fingerprint density at radius 1 is 1.31 bits per heavy atom. The Hall–Kier alpha value is -1.02. The number of ether oxygens (including phenoxy) is 1. The number of hydrogen-bond acceptors (Lipinski definition) is 2. The highest BCUT2D eigenvalue weighted by atomic mass is 16.5. The molecule has 0 aliphatic carbocycles. The zero-order valence-corrected chi connectivity index (χ0v) is 10.3. The number of para-hydroxylation sites is 1. The minimum atomic E-state index is 0.130. The van der Waals surface area contributed by atoms with Gasteiger partial charge < -0.3 is 10.1 Å². The molecular weight excluding hydrogens is 198 g/mol. The maximum absolute atomic E-state index is 5.49. The van der Waals surface area contributed by atoms with Gasteiger partial charge in [0.05, 0.1) is 7.11 Å². The van der Waals surface area contributed by atoms with E-state index in [1.54, 1.807) is 7.11 Å². The predicted molar refractivity (Wildman–Crippen MR) is 66.8 cm³/mol. The molecule has 1 aromatic rings. The van der Waals surface area contributed by atoms with E-state index < -0.39 is 0 Å². The first-order valence-electron chi connectivity index (χ1n) is 6.21. The predicted octanol–water partition coefficient (Wildman–Crippen LogP) is 3.07. The average molecular weight is 219 g/mol. The molecule has 16 heavy (non-hydrogen) atoms. The van der Waals surface area contributed by atoms with Crippen LogP contribution in [0.5, 0.6) is 5.75 Å². The number of hydrogen-bond donors (Lipinski definition) is 1. The Kier molecular flexibility index (Phi) is 3.49. The summed E-state index contributed by atoms with van der Waals surface area (Å²) in [4.78, 5) is 0. The second kappa shape index (κ2) is 4.88. The highest BCUT2D eigenvalue weighted by molar-refractivity contribution is 5.39. The van der Waals surface area contributed by atoms with Gasteiger partial charge in [0, 0.05) is 11.1 Å². The van der Waals surface area contributed by atoms with Gasteiger partial charge in [-0.15, -0.1) is 0 Å². The van der Waals surface area contributed by atoms with Gasteiger partial charge in [0.2, 0.25) is 0 Å². The van der Waals surface area contributed by atoms with Gasteiger partial charge >= 0.3 is 0 Å². The Morgan fingerprint density at radius 2 is 2.12 bits per heavy atom. The molecular formula is C14H21NO. The molecule has 88 valence electrons. The normalized spacial score (nSPS) is 25.4. The van der Waals surface area contributed by atoms with E-state index in [9.17, 15) is 0 Å². The molecule has 0 spiro atoms. The van der Waals surface area contributed by atoms with Crippen molar-refractivity contribution in [1.29, 1.82) is 0 Å². The van der Waals surface area contributed by atoms with E-state index >= 15 is 0 Å². The SMILES string of the molecule is CCC1(c2ccccc2OC)CCCCN1. The van der Waals surface area contributed by atoms with Crippen molar-refractivity contribution in [1.82, 2.24) is 5.32 Å². The molecule has 1 aliphatic rings. The fourth-order valence-electron chi connectivity index (χ4n) is 2.73. The summed E-state index contributed by atoms with van der Waals surface area (Å²) in [5, 5.41) is 3.69. The van der Waals surface area contributed by atoms with Gasteiger partial charge in [0.15, 0.2) is 0 Å². The second-order valence-corrected chi connectivity index (χ2v) is 4.52. The third kappa shape index (κ3) is 1.94. The van der Waals surface area contributed by atoms with Crippen LogP contribution in [0.15, 0.2) is 24.3 Å². The van der Waals surface area contributed by atoms with E-state index in [1.165, 1.54) is 24.8 Å². The Balaban J connectivity index is 2.38. The molecule has 2 nitrogen and oxygen atoms in total. The molecule has 0 amide bonds. The molecule has 1 atom stereocenters. The first-order valence-corrected chi connectivity index (χ1v) is 6.21. The molecule has 2 heteroatoms. The number of piperidine rings is 1. The number of benzene rings is 1. The maximum atomic E-state index is 5.49. The van der Waals surface area contributed by atoms with Crippen molar-refractivity contribution in [2.75, 3.05) is 13.7 Å². The highest BCUT2D eigenvalue weighted by Crippen LogP contribution is 2.38. The molecule has 1 unspecified atom stereocenters. The van der Waals surface area contributed by atoms with Crippen molar-refractivity contribution in [3.8, 4) is 5.75 Å². The average Bonchev–Trinajstić information content (AvgIpc) is 2.39. The summed E-state index contributed by atoms with van der Waals surface area (Å²) in [6.07, 6.45) is 4.92. The third-order valence-electron chi connectivity index (χ3n) is 3.72. The fraction of sp³-hybridized carbons (Fsp3) is 0.571. The van der Waals surface area contributed by atoms with E-state index in [2.05, 4.69) is 30.4 Å². The molecule has 0 aromatic heterocycles. The molecule has 1 aliphatic heterocycles. The molecule has 0 saturated carbocycles. The lowest BCUT2D eigenvalue weighted by Gasteiger charge is -2.39. The Morgan fingerprint density at radius 3 is 2.75 bits per heavy atom. The van der Waals surface area contributed by atoms with Crippen LogP contribution < -0.4 is 10.1 Å². The number of nitrogens with one attached hydrogen (secondary N) is 1. The van der Waals surface area contributed by atoms with E-state index in [1.807, 2.05) is 6.07 Å². The Bertz CT molecular complexity index is 342. The van der Waals surface area contributed by atoms with Gasteiger partial charge in [-0.3, -0.25) is 0 Å². The quantitative estimate of drug-likeness (QED) is 0.843. The molecule has 0 bridgehead atoms. The monoisotopic (exact) mass is 219 g/mol. The molecule has 1 saturated heterocycles. The van der Waals surface area contributed by atoms with Crippen LogP contribution in [-0.4, -0.2) is 13.7 Å². The van der Waals surface area contributed by atoms with Crippen LogP contribution in [0.25, 0.3) is 0 Å². The second-order valence-electron chi connectivity index (χ2n) is 4.52. The summed E-state index contributed by atoms with van der Waals surface area (Å²) < 4.78 is 5.49. The van der Waals surface area contributed by atoms with E-state index in [0.29, 0.717) is 0 Å². The van der Waals surface area contributed by atoms with Crippen LogP contribution in [0.3, 0.4) is 0 Å². The van der Waals surface area contributed by atoms with Gasteiger partial charge in [0.25, 0.3) is 0 Å². The van der Waals surface area contributed by atoms with Crippen molar-refractivity contribution in [3.63, 3.8) is 0 Å². The van der Waals surface area contributed by atoms with Gasteiger partial charge in [-0.05, 0) is 31.9 Å².